The van der Waals surface area contributed by atoms with Gasteiger partial charge in [-0.05, 0) is 43.0 Å². The summed E-state index contributed by atoms with van der Waals surface area (Å²) in [5, 5.41) is 0. The Labute approximate surface area is 158 Å². The Balaban J connectivity index is 1.68. The van der Waals surface area contributed by atoms with Crippen molar-refractivity contribution in [2.45, 2.75) is 39.0 Å². The number of aryl methyl sites for hydroxylation is 3. The lowest BCUT2D eigenvalue weighted by Crippen LogP contribution is -2.44. The van der Waals surface area contributed by atoms with Crippen molar-refractivity contribution in [1.82, 2.24) is 0 Å². The number of hydrogen-bond acceptors (Lipinski definition) is 3. The van der Waals surface area contributed by atoms with Crippen molar-refractivity contribution in [2.75, 3.05) is 4.90 Å². The second-order valence-corrected chi connectivity index (χ2v) is 8.19. The highest BCUT2D eigenvalue weighted by molar-refractivity contribution is 6.25. The first-order chi connectivity index (χ1) is 12.9. The van der Waals surface area contributed by atoms with Crippen molar-refractivity contribution in [3.63, 3.8) is 0 Å². The van der Waals surface area contributed by atoms with Gasteiger partial charge < -0.3 is 0 Å². The zero-order chi connectivity index (χ0) is 19.0. The number of hydrogen-bond donors (Lipinski definition) is 0. The van der Waals surface area contributed by atoms with Gasteiger partial charge in [0.2, 0.25) is 11.8 Å². The lowest BCUT2D eigenvalue weighted by molar-refractivity contribution is -0.134. The molecule has 136 valence electrons. The summed E-state index contributed by atoms with van der Waals surface area (Å²) in [5.74, 6) is -1.90. The van der Waals surface area contributed by atoms with Crippen LogP contribution in [-0.2, 0) is 14.4 Å². The molecule has 1 aliphatic heterocycles. The molecule has 0 radical (unpaired) electrons. The zero-order valence-electron chi connectivity index (χ0n) is 15.7. The van der Waals surface area contributed by atoms with Crippen LogP contribution < -0.4 is 4.90 Å². The predicted octanol–water partition coefficient (Wildman–Crippen LogP) is 3.57. The molecule has 1 heterocycles. The van der Waals surface area contributed by atoms with E-state index in [9.17, 15) is 14.4 Å². The minimum Gasteiger partial charge on any atom is -0.299 e. The minimum atomic E-state index is -0.557. The van der Waals surface area contributed by atoms with Gasteiger partial charge in [-0.1, -0.05) is 42.0 Å². The SMILES string of the molecule is Cc1cc(C)c(N2C(=O)[C@@H]3[C@@H](C2=O)[C@@H]2C(=O)C[C@@H]3c3ccccc32)c(C)c1. The molecule has 4 nitrogen and oxygen atoms in total. The van der Waals surface area contributed by atoms with E-state index in [1.807, 2.05) is 57.2 Å². The van der Waals surface area contributed by atoms with E-state index in [-0.39, 0.29) is 23.5 Å². The molecule has 1 saturated carbocycles. The zero-order valence-corrected chi connectivity index (χ0v) is 15.7. The summed E-state index contributed by atoms with van der Waals surface area (Å²) in [5.41, 5.74) is 5.66. The van der Waals surface area contributed by atoms with Gasteiger partial charge >= 0.3 is 0 Å². The third-order valence-electron chi connectivity index (χ3n) is 6.55. The summed E-state index contributed by atoms with van der Waals surface area (Å²) in [4.78, 5) is 41.0. The molecule has 2 amide bonds. The molecule has 2 aromatic rings. The number of ketones is 1. The van der Waals surface area contributed by atoms with E-state index in [1.165, 1.54) is 4.90 Å². The second kappa shape index (κ2) is 5.38. The Morgan fingerprint density at radius 1 is 0.852 bits per heavy atom. The monoisotopic (exact) mass is 359 g/mol. The summed E-state index contributed by atoms with van der Waals surface area (Å²) in [7, 11) is 0. The maximum atomic E-state index is 13.4. The fourth-order valence-electron chi connectivity index (χ4n) is 5.70. The average molecular weight is 359 g/mol. The molecule has 6 rings (SSSR count). The van der Waals surface area contributed by atoms with Crippen molar-refractivity contribution in [3.8, 4) is 0 Å². The first kappa shape index (κ1) is 16.4. The quantitative estimate of drug-likeness (QED) is 0.732. The van der Waals surface area contributed by atoms with E-state index in [2.05, 4.69) is 0 Å². The van der Waals surface area contributed by atoms with E-state index in [4.69, 9.17) is 0 Å². The van der Waals surface area contributed by atoms with Crippen LogP contribution in [0.4, 0.5) is 5.69 Å². The van der Waals surface area contributed by atoms with Crippen LogP contribution in [0.5, 0.6) is 0 Å². The van der Waals surface area contributed by atoms with Crippen LogP contribution in [0.25, 0.3) is 0 Å². The van der Waals surface area contributed by atoms with Crippen LogP contribution in [0.1, 0.15) is 46.1 Å². The Hall–Kier alpha value is -2.75. The smallest absolute Gasteiger partial charge is 0.238 e. The van der Waals surface area contributed by atoms with E-state index < -0.39 is 17.8 Å². The van der Waals surface area contributed by atoms with Gasteiger partial charge in [0, 0.05) is 12.3 Å². The van der Waals surface area contributed by atoms with E-state index in [0.717, 1.165) is 27.8 Å². The highest BCUT2D eigenvalue weighted by Gasteiger charge is 2.62. The molecule has 2 bridgehead atoms. The molecule has 0 aromatic heterocycles. The highest BCUT2D eigenvalue weighted by Crippen LogP contribution is 2.58. The lowest BCUT2D eigenvalue weighted by atomic mass is 9.56. The predicted molar refractivity (Wildman–Crippen MR) is 102 cm³/mol. The van der Waals surface area contributed by atoms with Gasteiger partial charge in [0.1, 0.15) is 5.78 Å². The number of rotatable bonds is 1. The number of anilines is 1. The number of amides is 2. The summed E-state index contributed by atoms with van der Waals surface area (Å²) in [6.07, 6.45) is 0.363. The van der Waals surface area contributed by atoms with E-state index in [1.54, 1.807) is 0 Å². The summed E-state index contributed by atoms with van der Waals surface area (Å²) in [6.45, 7) is 5.88. The van der Waals surface area contributed by atoms with E-state index >= 15 is 0 Å². The maximum absolute atomic E-state index is 13.4. The van der Waals surface area contributed by atoms with Gasteiger partial charge in [-0.2, -0.15) is 0 Å². The van der Waals surface area contributed by atoms with Crippen LogP contribution in [0.3, 0.4) is 0 Å². The van der Waals surface area contributed by atoms with Crippen LogP contribution in [-0.4, -0.2) is 17.6 Å². The topological polar surface area (TPSA) is 54.5 Å². The second-order valence-electron chi connectivity index (χ2n) is 8.19. The normalized spacial score (nSPS) is 28.6. The molecule has 4 heteroatoms. The summed E-state index contributed by atoms with van der Waals surface area (Å²) < 4.78 is 0. The fraction of sp³-hybridized carbons (Fsp3) is 0.348. The van der Waals surface area contributed by atoms with Crippen molar-refractivity contribution < 1.29 is 14.4 Å². The van der Waals surface area contributed by atoms with Crippen molar-refractivity contribution in [2.24, 2.45) is 11.8 Å². The largest absolute Gasteiger partial charge is 0.299 e. The lowest BCUT2D eigenvalue weighted by Gasteiger charge is -2.43. The molecule has 2 aromatic carbocycles. The van der Waals surface area contributed by atoms with Crippen LogP contribution in [0, 0.1) is 32.6 Å². The first-order valence-corrected chi connectivity index (χ1v) is 9.47. The Kier molecular flexibility index (Phi) is 3.27. The molecule has 0 N–H and O–H groups in total. The number of fused-ring (bicyclic) bond motifs is 1. The molecule has 3 aliphatic carbocycles. The minimum absolute atomic E-state index is 0.0975. The standard InChI is InChI=1S/C23H21NO3/c1-11-8-12(2)21(13(3)9-11)24-22(26)19-16-10-17(25)18(20(19)23(24)27)15-7-5-4-6-14(15)16/h4-9,16,18-20H,10H2,1-3H3/t16-,18+,19+,20+/m1/s1. The number of Topliss-reactive ketones (excluding diaryl/α,β-unsaturated/α-hetero) is 1. The molecule has 27 heavy (non-hydrogen) atoms. The molecule has 0 unspecified atom stereocenters. The Morgan fingerprint density at radius 2 is 1.44 bits per heavy atom. The van der Waals surface area contributed by atoms with Crippen LogP contribution in [0.2, 0.25) is 0 Å². The molecule has 2 fully saturated rings. The third kappa shape index (κ3) is 2.01. The van der Waals surface area contributed by atoms with Gasteiger partial charge in [0.15, 0.2) is 0 Å². The molecule has 1 saturated heterocycles. The molecular weight excluding hydrogens is 338 g/mol. The van der Waals surface area contributed by atoms with Gasteiger partial charge in [-0.15, -0.1) is 0 Å². The van der Waals surface area contributed by atoms with Crippen molar-refractivity contribution >= 4 is 23.3 Å². The van der Waals surface area contributed by atoms with Gasteiger partial charge in [0.25, 0.3) is 0 Å². The third-order valence-corrected chi connectivity index (χ3v) is 6.55. The van der Waals surface area contributed by atoms with Crippen LogP contribution in [0.15, 0.2) is 36.4 Å². The van der Waals surface area contributed by atoms with Crippen molar-refractivity contribution in [1.29, 1.82) is 0 Å². The molecular formula is C23H21NO3. The van der Waals surface area contributed by atoms with Gasteiger partial charge in [-0.3, -0.25) is 14.4 Å². The molecule has 4 atom stereocenters. The Bertz CT molecular complexity index is 1010. The summed E-state index contributed by atoms with van der Waals surface area (Å²) in [6, 6.07) is 11.8. The number of carbonyl (C=O) groups excluding carboxylic acids is 3. The summed E-state index contributed by atoms with van der Waals surface area (Å²) >= 11 is 0. The number of benzene rings is 2. The number of nitrogens with zero attached hydrogens (tertiary/aromatic N) is 1. The van der Waals surface area contributed by atoms with Crippen molar-refractivity contribution in [3.05, 3.63) is 64.2 Å². The molecule has 0 spiro atoms. The fourth-order valence-corrected chi connectivity index (χ4v) is 5.70. The Morgan fingerprint density at radius 3 is 2.11 bits per heavy atom. The average Bonchev–Trinajstić information content (AvgIpc) is 2.87. The maximum Gasteiger partial charge on any atom is 0.238 e. The highest BCUT2D eigenvalue weighted by atomic mass is 16.2. The molecule has 4 aliphatic rings. The van der Waals surface area contributed by atoms with Gasteiger partial charge in [0.05, 0.1) is 23.4 Å². The van der Waals surface area contributed by atoms with Gasteiger partial charge in [-0.25, -0.2) is 4.90 Å². The first-order valence-electron chi connectivity index (χ1n) is 9.47. The number of carbonyl (C=O) groups is 3. The number of imide groups is 1. The van der Waals surface area contributed by atoms with E-state index in [0.29, 0.717) is 12.1 Å². The van der Waals surface area contributed by atoms with Crippen LogP contribution >= 0.6 is 0 Å².